The highest BCUT2D eigenvalue weighted by molar-refractivity contribution is 6.02. The molecule has 2 heterocycles. The predicted octanol–water partition coefficient (Wildman–Crippen LogP) is 1.89. The van der Waals surface area contributed by atoms with Crippen LogP contribution in [0.1, 0.15) is 30.9 Å². The number of carbonyl (C=O) groups excluding carboxylic acids is 2. The average molecular weight is 342 g/mol. The largest absolute Gasteiger partial charge is 0.463 e. The topological polar surface area (TPSA) is 82.8 Å². The molecule has 1 aliphatic rings. The van der Waals surface area contributed by atoms with Crippen LogP contribution in [0.4, 0.5) is 5.69 Å². The van der Waals surface area contributed by atoms with Crippen LogP contribution in [-0.2, 0) is 21.6 Å². The summed E-state index contributed by atoms with van der Waals surface area (Å²) >= 11 is 0. The molecule has 132 valence electrons. The molecule has 6 heteroatoms. The van der Waals surface area contributed by atoms with Gasteiger partial charge >= 0.3 is 0 Å². The van der Waals surface area contributed by atoms with E-state index >= 15 is 0 Å². The summed E-state index contributed by atoms with van der Waals surface area (Å²) < 4.78 is 5.45. The number of carbonyl (C=O) groups is 2. The lowest BCUT2D eigenvalue weighted by Gasteiger charge is -2.26. The van der Waals surface area contributed by atoms with Gasteiger partial charge in [-0.15, -0.1) is 0 Å². The Labute approximate surface area is 146 Å². The molecule has 3 rings (SSSR count). The molecule has 0 radical (unpaired) electrons. The van der Waals surface area contributed by atoms with Crippen molar-refractivity contribution in [3.63, 3.8) is 0 Å². The van der Waals surface area contributed by atoms with Crippen molar-refractivity contribution in [3.05, 3.63) is 53.5 Å². The maximum absolute atomic E-state index is 12.7. The minimum Gasteiger partial charge on any atom is -0.463 e. The Balaban J connectivity index is 1.72. The number of aryl methyl sites for hydroxylation is 1. The number of nitrogens with one attached hydrogen (secondary N) is 1. The Morgan fingerprint density at radius 1 is 1.32 bits per heavy atom. The van der Waals surface area contributed by atoms with Gasteiger partial charge in [-0.25, -0.2) is 0 Å². The molecule has 1 aromatic carbocycles. The molecule has 2 aromatic rings. The van der Waals surface area contributed by atoms with Gasteiger partial charge in [0, 0.05) is 19.0 Å². The maximum atomic E-state index is 12.7. The molecule has 0 bridgehead atoms. The summed E-state index contributed by atoms with van der Waals surface area (Å²) in [5.74, 6) is 0.604. The van der Waals surface area contributed by atoms with Crippen molar-refractivity contribution in [2.75, 3.05) is 11.4 Å². The molecule has 1 aliphatic heterocycles. The Hall–Kier alpha value is -2.60. The molecule has 0 spiro atoms. The maximum Gasteiger partial charge on any atom is 0.243 e. The molecular weight excluding hydrogens is 320 g/mol. The first-order chi connectivity index (χ1) is 11.8. The molecule has 0 saturated carbocycles. The van der Waals surface area contributed by atoms with Gasteiger partial charge in [-0.2, -0.15) is 0 Å². The predicted molar refractivity (Wildman–Crippen MR) is 93.1 cm³/mol. The summed E-state index contributed by atoms with van der Waals surface area (Å²) in [7, 11) is 0. The van der Waals surface area contributed by atoms with Gasteiger partial charge in [-0.1, -0.05) is 18.2 Å². The standard InChI is InChI=1S/C19H22N2O4/c1-12-8-9-17(25-12)19(3,24)11-20-18(23)16-10-14-6-4-5-7-15(14)21(16)13(2)22/h4-9,16,24H,10-11H2,1-3H3,(H,20,23)/t16-,19?/m0/s1. The summed E-state index contributed by atoms with van der Waals surface area (Å²) in [6, 6.07) is 10.3. The Bertz CT molecular complexity index is 809. The zero-order chi connectivity index (χ0) is 18.2. The molecule has 2 atom stereocenters. The van der Waals surface area contributed by atoms with Crippen LogP contribution in [0.3, 0.4) is 0 Å². The number of hydrogen-bond donors (Lipinski definition) is 2. The summed E-state index contributed by atoms with van der Waals surface area (Å²) in [5, 5.41) is 13.3. The average Bonchev–Trinajstić information content (AvgIpc) is 3.16. The zero-order valence-corrected chi connectivity index (χ0v) is 14.6. The number of furan rings is 1. The molecule has 0 saturated heterocycles. The summed E-state index contributed by atoms with van der Waals surface area (Å²) in [6.45, 7) is 4.82. The highest BCUT2D eigenvalue weighted by Gasteiger charge is 2.37. The third-order valence-electron chi connectivity index (χ3n) is 4.50. The molecule has 0 fully saturated rings. The molecule has 25 heavy (non-hydrogen) atoms. The highest BCUT2D eigenvalue weighted by atomic mass is 16.4. The molecular formula is C19H22N2O4. The van der Waals surface area contributed by atoms with Crippen molar-refractivity contribution in [2.45, 2.75) is 38.8 Å². The lowest BCUT2D eigenvalue weighted by Crippen LogP contribution is -2.50. The van der Waals surface area contributed by atoms with Gasteiger partial charge in [0.25, 0.3) is 0 Å². The third-order valence-corrected chi connectivity index (χ3v) is 4.50. The van der Waals surface area contributed by atoms with Crippen molar-refractivity contribution in [2.24, 2.45) is 0 Å². The van der Waals surface area contributed by atoms with E-state index in [4.69, 9.17) is 4.42 Å². The van der Waals surface area contributed by atoms with Crippen LogP contribution in [0.5, 0.6) is 0 Å². The number of amides is 2. The van der Waals surface area contributed by atoms with Crippen LogP contribution >= 0.6 is 0 Å². The Kier molecular flexibility index (Phi) is 4.39. The van der Waals surface area contributed by atoms with Crippen molar-refractivity contribution < 1.29 is 19.1 Å². The van der Waals surface area contributed by atoms with Gasteiger partial charge in [0.15, 0.2) is 0 Å². The first kappa shape index (κ1) is 17.2. The van der Waals surface area contributed by atoms with E-state index in [1.54, 1.807) is 26.0 Å². The Morgan fingerprint density at radius 3 is 2.68 bits per heavy atom. The number of nitrogens with zero attached hydrogens (tertiary/aromatic N) is 1. The van der Waals surface area contributed by atoms with E-state index in [1.807, 2.05) is 24.3 Å². The number of anilines is 1. The SMILES string of the molecule is CC(=O)N1c2ccccc2C[C@H]1C(=O)NCC(C)(O)c1ccc(C)o1. The monoisotopic (exact) mass is 342 g/mol. The number of benzene rings is 1. The minimum absolute atomic E-state index is 0.00260. The van der Waals surface area contributed by atoms with E-state index in [9.17, 15) is 14.7 Å². The lowest BCUT2D eigenvalue weighted by molar-refractivity contribution is -0.126. The summed E-state index contributed by atoms with van der Waals surface area (Å²) in [6.07, 6.45) is 0.462. The van der Waals surface area contributed by atoms with E-state index < -0.39 is 11.6 Å². The van der Waals surface area contributed by atoms with Crippen LogP contribution in [-0.4, -0.2) is 29.5 Å². The van der Waals surface area contributed by atoms with Crippen LogP contribution in [0.25, 0.3) is 0 Å². The fourth-order valence-corrected chi connectivity index (χ4v) is 3.17. The van der Waals surface area contributed by atoms with Crippen molar-refractivity contribution in [3.8, 4) is 0 Å². The number of hydrogen-bond acceptors (Lipinski definition) is 4. The zero-order valence-electron chi connectivity index (χ0n) is 14.6. The summed E-state index contributed by atoms with van der Waals surface area (Å²) in [4.78, 5) is 26.2. The van der Waals surface area contributed by atoms with Crippen molar-refractivity contribution in [1.82, 2.24) is 5.32 Å². The van der Waals surface area contributed by atoms with Gasteiger partial charge in [0.2, 0.25) is 11.8 Å². The van der Waals surface area contributed by atoms with Crippen LogP contribution in [0.15, 0.2) is 40.8 Å². The first-order valence-electron chi connectivity index (χ1n) is 8.24. The molecule has 1 aromatic heterocycles. The first-order valence-corrected chi connectivity index (χ1v) is 8.24. The number of fused-ring (bicyclic) bond motifs is 1. The second kappa shape index (κ2) is 6.37. The second-order valence-corrected chi connectivity index (χ2v) is 6.64. The van der Waals surface area contributed by atoms with Crippen molar-refractivity contribution in [1.29, 1.82) is 0 Å². The highest BCUT2D eigenvalue weighted by Crippen LogP contribution is 2.32. The van der Waals surface area contributed by atoms with Gasteiger partial charge in [-0.05, 0) is 37.6 Å². The molecule has 0 aliphatic carbocycles. The quantitative estimate of drug-likeness (QED) is 0.889. The van der Waals surface area contributed by atoms with Crippen LogP contribution in [0, 0.1) is 6.92 Å². The summed E-state index contributed by atoms with van der Waals surface area (Å²) in [5.41, 5.74) is 0.408. The smallest absolute Gasteiger partial charge is 0.243 e. The minimum atomic E-state index is -1.32. The number of rotatable bonds is 4. The van der Waals surface area contributed by atoms with Crippen molar-refractivity contribution >= 4 is 17.5 Å². The van der Waals surface area contributed by atoms with Gasteiger partial charge in [0.1, 0.15) is 23.2 Å². The fourth-order valence-electron chi connectivity index (χ4n) is 3.17. The van der Waals surface area contributed by atoms with E-state index in [1.165, 1.54) is 11.8 Å². The second-order valence-electron chi connectivity index (χ2n) is 6.64. The molecule has 1 unspecified atom stereocenters. The molecule has 2 N–H and O–H groups in total. The number of para-hydroxylation sites is 1. The Morgan fingerprint density at radius 2 is 2.04 bits per heavy atom. The number of aliphatic hydroxyl groups is 1. The van der Waals surface area contributed by atoms with Gasteiger partial charge in [0.05, 0.1) is 6.54 Å². The van der Waals surface area contributed by atoms with Crippen LogP contribution in [0.2, 0.25) is 0 Å². The van der Waals surface area contributed by atoms with E-state index in [-0.39, 0.29) is 18.4 Å². The molecule has 6 nitrogen and oxygen atoms in total. The van der Waals surface area contributed by atoms with Gasteiger partial charge < -0.3 is 14.8 Å². The normalized spacial score (nSPS) is 18.6. The fraction of sp³-hybridized carbons (Fsp3) is 0.368. The third kappa shape index (κ3) is 3.30. The van der Waals surface area contributed by atoms with E-state index in [2.05, 4.69) is 5.32 Å². The van der Waals surface area contributed by atoms with E-state index in [0.29, 0.717) is 17.9 Å². The van der Waals surface area contributed by atoms with Gasteiger partial charge in [-0.3, -0.25) is 14.5 Å². The lowest BCUT2D eigenvalue weighted by atomic mass is 10.0. The molecule has 2 amide bonds. The van der Waals surface area contributed by atoms with E-state index in [0.717, 1.165) is 11.3 Å². The van der Waals surface area contributed by atoms with Crippen LogP contribution < -0.4 is 10.2 Å².